The van der Waals surface area contributed by atoms with E-state index in [-0.39, 0.29) is 11.8 Å². The van der Waals surface area contributed by atoms with Crippen molar-refractivity contribution in [3.63, 3.8) is 0 Å². The number of halogens is 3. The van der Waals surface area contributed by atoms with Gasteiger partial charge in [0.15, 0.2) is 0 Å². The molecule has 0 aromatic rings. The first kappa shape index (κ1) is 15.8. The Balaban J connectivity index is 2.22. The molecule has 0 spiro atoms. The molecule has 1 aliphatic carbocycles. The van der Waals surface area contributed by atoms with Gasteiger partial charge in [0.05, 0.1) is 0 Å². The van der Waals surface area contributed by atoms with Crippen LogP contribution in [0.1, 0.15) is 51.4 Å². The van der Waals surface area contributed by atoms with E-state index >= 15 is 0 Å². The van der Waals surface area contributed by atoms with Crippen molar-refractivity contribution in [2.45, 2.75) is 57.5 Å². The first-order valence-electron chi connectivity index (χ1n) is 6.95. The zero-order valence-electron chi connectivity index (χ0n) is 11.0. The summed E-state index contributed by atoms with van der Waals surface area (Å²) in [5.41, 5.74) is 5.99. The van der Waals surface area contributed by atoms with E-state index in [1.54, 1.807) is 0 Å². The molecular formula is C13H25F3N2. The Labute approximate surface area is 107 Å². The highest BCUT2D eigenvalue weighted by Gasteiger charge is 2.29. The first-order chi connectivity index (χ1) is 8.47. The molecule has 18 heavy (non-hydrogen) atoms. The zero-order chi connectivity index (χ0) is 13.5. The predicted octanol–water partition coefficient (Wildman–Crippen LogP) is 3.22. The average molecular weight is 266 g/mol. The third-order valence-electron chi connectivity index (χ3n) is 3.91. The van der Waals surface area contributed by atoms with Crippen LogP contribution < -0.4 is 11.1 Å². The molecule has 0 radical (unpaired) electrons. The van der Waals surface area contributed by atoms with Crippen LogP contribution in [-0.4, -0.2) is 25.8 Å². The lowest BCUT2D eigenvalue weighted by Crippen LogP contribution is -2.40. The molecule has 0 unspecified atom stereocenters. The minimum absolute atomic E-state index is 0.120. The lowest BCUT2D eigenvalue weighted by molar-refractivity contribution is -0.135. The van der Waals surface area contributed by atoms with E-state index in [2.05, 4.69) is 5.32 Å². The molecule has 0 aromatic carbocycles. The minimum atomic E-state index is -4.03. The number of nitrogens with two attached hydrogens (primary N) is 1. The fourth-order valence-corrected chi connectivity index (χ4v) is 2.70. The van der Waals surface area contributed by atoms with Crippen molar-refractivity contribution >= 4 is 0 Å². The Morgan fingerprint density at radius 1 is 1.06 bits per heavy atom. The Morgan fingerprint density at radius 2 is 1.67 bits per heavy atom. The van der Waals surface area contributed by atoms with E-state index in [9.17, 15) is 13.2 Å². The summed E-state index contributed by atoms with van der Waals surface area (Å²) in [4.78, 5) is 0. The van der Waals surface area contributed by atoms with Gasteiger partial charge in [0.2, 0.25) is 0 Å². The summed E-state index contributed by atoms with van der Waals surface area (Å²) in [6.45, 7) is 1.84. The second-order valence-corrected chi connectivity index (χ2v) is 5.51. The van der Waals surface area contributed by atoms with Gasteiger partial charge in [-0.1, -0.05) is 25.7 Å². The van der Waals surface area contributed by atoms with Crippen molar-refractivity contribution in [3.05, 3.63) is 0 Å². The summed E-state index contributed by atoms with van der Waals surface area (Å²) >= 11 is 0. The molecule has 0 aliphatic heterocycles. The monoisotopic (exact) mass is 266 g/mol. The molecule has 108 valence electrons. The molecule has 2 nitrogen and oxygen atoms in total. The number of alkyl halides is 3. The molecule has 0 amide bonds. The van der Waals surface area contributed by atoms with Gasteiger partial charge in [-0.3, -0.25) is 0 Å². The summed E-state index contributed by atoms with van der Waals surface area (Å²) in [6, 6.07) is 0. The molecular weight excluding hydrogens is 241 g/mol. The number of hydrogen-bond acceptors (Lipinski definition) is 2. The second-order valence-electron chi connectivity index (χ2n) is 5.51. The van der Waals surface area contributed by atoms with Crippen LogP contribution in [-0.2, 0) is 0 Å². The maximum absolute atomic E-state index is 12.0. The van der Waals surface area contributed by atoms with Gasteiger partial charge in [0, 0.05) is 13.0 Å². The topological polar surface area (TPSA) is 38.0 Å². The van der Waals surface area contributed by atoms with Gasteiger partial charge < -0.3 is 11.1 Å². The molecule has 1 aliphatic rings. The summed E-state index contributed by atoms with van der Waals surface area (Å²) in [6.07, 6.45) is 2.55. The van der Waals surface area contributed by atoms with E-state index in [4.69, 9.17) is 5.73 Å². The van der Waals surface area contributed by atoms with Gasteiger partial charge in [0.1, 0.15) is 0 Å². The van der Waals surface area contributed by atoms with Crippen molar-refractivity contribution in [3.8, 4) is 0 Å². The van der Waals surface area contributed by atoms with E-state index in [1.165, 1.54) is 25.7 Å². The molecule has 0 saturated heterocycles. The maximum atomic E-state index is 12.0. The van der Waals surface area contributed by atoms with E-state index < -0.39 is 12.6 Å². The van der Waals surface area contributed by atoms with Crippen molar-refractivity contribution in [2.24, 2.45) is 11.1 Å². The van der Waals surface area contributed by atoms with E-state index in [0.29, 0.717) is 13.1 Å². The third-order valence-corrected chi connectivity index (χ3v) is 3.91. The van der Waals surface area contributed by atoms with Gasteiger partial charge in [-0.2, -0.15) is 13.2 Å². The molecule has 0 atom stereocenters. The van der Waals surface area contributed by atoms with Crippen LogP contribution in [0.25, 0.3) is 0 Å². The van der Waals surface area contributed by atoms with Gasteiger partial charge in [0.25, 0.3) is 0 Å². The van der Waals surface area contributed by atoms with Gasteiger partial charge in [-0.25, -0.2) is 0 Å². The molecule has 3 N–H and O–H groups in total. The van der Waals surface area contributed by atoms with Crippen molar-refractivity contribution in [1.29, 1.82) is 0 Å². The Morgan fingerprint density at radius 3 is 2.17 bits per heavy atom. The van der Waals surface area contributed by atoms with Crippen LogP contribution in [0.3, 0.4) is 0 Å². The molecule has 0 heterocycles. The fraction of sp³-hybridized carbons (Fsp3) is 1.00. The maximum Gasteiger partial charge on any atom is 0.389 e. The zero-order valence-corrected chi connectivity index (χ0v) is 11.0. The number of hydrogen-bond donors (Lipinski definition) is 2. The Hall–Kier alpha value is -0.290. The summed E-state index contributed by atoms with van der Waals surface area (Å²) in [7, 11) is 0. The van der Waals surface area contributed by atoms with Gasteiger partial charge in [-0.05, 0) is 37.8 Å². The van der Waals surface area contributed by atoms with Crippen LogP contribution in [0.5, 0.6) is 0 Å². The summed E-state index contributed by atoms with van der Waals surface area (Å²) in [5, 5.41) is 3.17. The molecule has 1 fully saturated rings. The summed E-state index contributed by atoms with van der Waals surface area (Å²) < 4.78 is 36.0. The highest BCUT2D eigenvalue weighted by Crippen LogP contribution is 2.33. The van der Waals surface area contributed by atoms with Crippen molar-refractivity contribution < 1.29 is 13.2 Å². The standard InChI is InChI=1S/C13H25F3N2/c14-13(15,16)8-5-9-18-11-12(10-17)6-3-1-2-4-7-12/h18H,1-11,17H2. The highest BCUT2D eigenvalue weighted by molar-refractivity contribution is 4.84. The summed E-state index contributed by atoms with van der Waals surface area (Å²) in [5.74, 6) is 0. The lowest BCUT2D eigenvalue weighted by atomic mass is 9.80. The third kappa shape index (κ3) is 6.05. The SMILES string of the molecule is NCC1(CNCCCC(F)(F)F)CCCCCC1. The fourth-order valence-electron chi connectivity index (χ4n) is 2.70. The molecule has 1 saturated carbocycles. The van der Waals surface area contributed by atoms with E-state index in [1.807, 2.05) is 0 Å². The smallest absolute Gasteiger partial charge is 0.330 e. The van der Waals surface area contributed by atoms with E-state index in [0.717, 1.165) is 19.4 Å². The van der Waals surface area contributed by atoms with Crippen LogP contribution >= 0.6 is 0 Å². The minimum Gasteiger partial charge on any atom is -0.330 e. The molecule has 5 heteroatoms. The average Bonchev–Trinajstić information content (AvgIpc) is 2.53. The molecule has 1 rings (SSSR count). The van der Waals surface area contributed by atoms with Crippen LogP contribution in [0.15, 0.2) is 0 Å². The molecule has 0 bridgehead atoms. The first-order valence-corrected chi connectivity index (χ1v) is 6.95. The Bertz CT molecular complexity index is 221. The van der Waals surface area contributed by atoms with Crippen molar-refractivity contribution in [1.82, 2.24) is 5.32 Å². The molecule has 0 aromatic heterocycles. The predicted molar refractivity (Wildman–Crippen MR) is 67.3 cm³/mol. The highest BCUT2D eigenvalue weighted by atomic mass is 19.4. The normalized spacial score (nSPS) is 20.7. The van der Waals surface area contributed by atoms with Gasteiger partial charge in [-0.15, -0.1) is 0 Å². The number of rotatable bonds is 6. The number of nitrogens with one attached hydrogen (secondary N) is 1. The van der Waals surface area contributed by atoms with Gasteiger partial charge >= 0.3 is 6.18 Å². The Kier molecular flexibility index (Phi) is 6.43. The van der Waals surface area contributed by atoms with Crippen LogP contribution in [0, 0.1) is 5.41 Å². The quantitative estimate of drug-likeness (QED) is 0.572. The van der Waals surface area contributed by atoms with Crippen LogP contribution in [0.2, 0.25) is 0 Å². The lowest BCUT2D eigenvalue weighted by Gasteiger charge is -2.31. The second kappa shape index (κ2) is 7.34. The van der Waals surface area contributed by atoms with Crippen molar-refractivity contribution in [2.75, 3.05) is 19.6 Å². The van der Waals surface area contributed by atoms with Crippen LogP contribution in [0.4, 0.5) is 13.2 Å². The largest absolute Gasteiger partial charge is 0.389 e.